The molecule has 0 saturated carbocycles. The third-order valence-corrected chi connectivity index (χ3v) is 5.91. The number of hydrogen-bond donors (Lipinski definition) is 3. The smallest absolute Gasteiger partial charge is 0.240 e. The van der Waals surface area contributed by atoms with Crippen molar-refractivity contribution in [2.75, 3.05) is 25.0 Å². The molecule has 0 unspecified atom stereocenters. The van der Waals surface area contributed by atoms with E-state index in [-0.39, 0.29) is 23.8 Å². The number of nitrogens with one attached hydrogen (secondary N) is 3. The Bertz CT molecular complexity index is 1050. The predicted octanol–water partition coefficient (Wildman–Crippen LogP) is 3.13. The molecule has 0 aliphatic carbocycles. The van der Waals surface area contributed by atoms with Crippen molar-refractivity contribution in [2.45, 2.75) is 17.7 Å². The summed E-state index contributed by atoms with van der Waals surface area (Å²) in [7, 11) is -3.65. The molecular weight excluding hydrogens is 386 g/mol. The molecule has 3 rings (SSSR count). The zero-order valence-corrected chi connectivity index (χ0v) is 16.9. The monoisotopic (exact) mass is 411 g/mol. The lowest BCUT2D eigenvalue weighted by Crippen LogP contribution is -2.31. The van der Waals surface area contributed by atoms with Crippen molar-refractivity contribution in [3.63, 3.8) is 0 Å². The Morgan fingerprint density at radius 1 is 0.793 bits per heavy atom. The van der Waals surface area contributed by atoms with Gasteiger partial charge in [-0.25, -0.2) is 13.1 Å². The first kappa shape index (κ1) is 20.8. The summed E-state index contributed by atoms with van der Waals surface area (Å²) in [6.45, 7) is 1.35. The number of para-hydroxylation sites is 1. The van der Waals surface area contributed by atoms with Gasteiger partial charge < -0.3 is 10.6 Å². The van der Waals surface area contributed by atoms with E-state index in [0.717, 1.165) is 29.4 Å². The van der Waals surface area contributed by atoms with Crippen molar-refractivity contribution in [2.24, 2.45) is 0 Å². The van der Waals surface area contributed by atoms with Gasteiger partial charge in [0.2, 0.25) is 15.9 Å². The molecule has 0 atom stereocenters. The Morgan fingerprint density at radius 2 is 1.52 bits per heavy atom. The lowest BCUT2D eigenvalue weighted by molar-refractivity contribution is -0.120. The number of carbonyl (C=O) groups excluding carboxylic acids is 1. The number of hydrogen-bond acceptors (Lipinski definition) is 4. The normalized spacial score (nSPS) is 11.3. The van der Waals surface area contributed by atoms with Crippen molar-refractivity contribution in [1.82, 2.24) is 10.0 Å². The molecule has 152 valence electrons. The highest BCUT2D eigenvalue weighted by Gasteiger charge is 2.14. The van der Waals surface area contributed by atoms with E-state index in [4.69, 9.17) is 0 Å². The number of rotatable bonds is 10. The van der Waals surface area contributed by atoms with Crippen LogP contribution in [0.25, 0.3) is 10.8 Å². The van der Waals surface area contributed by atoms with Crippen LogP contribution in [0.2, 0.25) is 0 Å². The Kier molecular flexibility index (Phi) is 7.21. The zero-order valence-electron chi connectivity index (χ0n) is 16.1. The highest BCUT2D eigenvalue weighted by molar-refractivity contribution is 7.89. The highest BCUT2D eigenvalue weighted by atomic mass is 32.2. The van der Waals surface area contributed by atoms with E-state index in [9.17, 15) is 13.2 Å². The number of amides is 1. The fourth-order valence-electron chi connectivity index (χ4n) is 2.91. The molecule has 7 heteroatoms. The van der Waals surface area contributed by atoms with Crippen LogP contribution in [0.3, 0.4) is 0 Å². The molecule has 0 aliphatic rings. The van der Waals surface area contributed by atoms with E-state index in [0.29, 0.717) is 6.54 Å². The van der Waals surface area contributed by atoms with Gasteiger partial charge in [-0.1, -0.05) is 48.5 Å². The summed E-state index contributed by atoms with van der Waals surface area (Å²) >= 11 is 0. The van der Waals surface area contributed by atoms with Crippen molar-refractivity contribution in [3.05, 3.63) is 72.8 Å². The zero-order chi connectivity index (χ0) is 20.5. The van der Waals surface area contributed by atoms with Gasteiger partial charge in [0.15, 0.2) is 0 Å². The van der Waals surface area contributed by atoms with Crippen LogP contribution < -0.4 is 15.4 Å². The van der Waals surface area contributed by atoms with E-state index < -0.39 is 10.0 Å². The molecule has 29 heavy (non-hydrogen) atoms. The predicted molar refractivity (Wildman–Crippen MR) is 116 cm³/mol. The Morgan fingerprint density at radius 3 is 2.31 bits per heavy atom. The Labute approximate surface area is 171 Å². The number of sulfonamides is 1. The van der Waals surface area contributed by atoms with Gasteiger partial charge in [-0.2, -0.15) is 0 Å². The topological polar surface area (TPSA) is 87.3 Å². The molecular formula is C22H25N3O3S. The van der Waals surface area contributed by atoms with Crippen LogP contribution in [0.15, 0.2) is 77.7 Å². The molecule has 1 amide bonds. The molecule has 0 spiro atoms. The summed E-state index contributed by atoms with van der Waals surface area (Å²) in [5, 5.41) is 7.91. The van der Waals surface area contributed by atoms with Gasteiger partial charge in [-0.05, 0) is 41.5 Å². The summed E-state index contributed by atoms with van der Waals surface area (Å²) in [5.74, 6) is -0.175. The number of carbonyl (C=O) groups is 1. The van der Waals surface area contributed by atoms with Gasteiger partial charge in [0.25, 0.3) is 0 Å². The van der Waals surface area contributed by atoms with E-state index in [2.05, 4.69) is 15.4 Å². The van der Waals surface area contributed by atoms with E-state index in [1.54, 1.807) is 18.2 Å². The molecule has 0 heterocycles. The number of benzene rings is 3. The second-order valence-electron chi connectivity index (χ2n) is 6.65. The fraction of sp³-hybridized carbons (Fsp3) is 0.227. The first-order valence-electron chi connectivity index (χ1n) is 9.59. The summed E-state index contributed by atoms with van der Waals surface area (Å²) in [6.07, 6.45) is 0.877. The molecule has 3 aromatic rings. The van der Waals surface area contributed by atoms with Gasteiger partial charge in [0.05, 0.1) is 4.90 Å². The van der Waals surface area contributed by atoms with Crippen molar-refractivity contribution in [1.29, 1.82) is 0 Å². The van der Waals surface area contributed by atoms with E-state index in [1.165, 1.54) is 0 Å². The molecule has 0 saturated heterocycles. The van der Waals surface area contributed by atoms with Gasteiger partial charge >= 0.3 is 0 Å². The van der Waals surface area contributed by atoms with E-state index in [1.807, 2.05) is 54.6 Å². The standard InChI is InChI=1S/C22H25N3O3S/c26-22(24-15-6-14-23-20-9-2-1-3-10-20)13-16-25-29(27,28)21-12-11-18-7-4-5-8-19(18)17-21/h1-5,7-12,17,23,25H,6,13-16H2,(H,24,26). The van der Waals surface area contributed by atoms with Crippen LogP contribution >= 0.6 is 0 Å². The maximum absolute atomic E-state index is 12.4. The first-order chi connectivity index (χ1) is 14.0. The van der Waals surface area contributed by atoms with Crippen LogP contribution in [0.4, 0.5) is 5.69 Å². The largest absolute Gasteiger partial charge is 0.385 e. The van der Waals surface area contributed by atoms with Crippen LogP contribution in [-0.2, 0) is 14.8 Å². The number of fused-ring (bicyclic) bond motifs is 1. The van der Waals surface area contributed by atoms with Gasteiger partial charge in [-0.15, -0.1) is 0 Å². The lowest BCUT2D eigenvalue weighted by atomic mass is 10.1. The average molecular weight is 412 g/mol. The second kappa shape index (κ2) is 10.0. The number of anilines is 1. The van der Waals surface area contributed by atoms with Crippen LogP contribution in [0.5, 0.6) is 0 Å². The average Bonchev–Trinajstić information content (AvgIpc) is 2.74. The molecule has 3 N–H and O–H groups in total. The minimum Gasteiger partial charge on any atom is -0.385 e. The third kappa shape index (κ3) is 6.30. The van der Waals surface area contributed by atoms with Gasteiger partial charge in [0.1, 0.15) is 0 Å². The molecule has 3 aromatic carbocycles. The van der Waals surface area contributed by atoms with Crippen molar-refractivity contribution < 1.29 is 13.2 Å². The maximum Gasteiger partial charge on any atom is 0.240 e. The Hall–Kier alpha value is -2.90. The summed E-state index contributed by atoms with van der Waals surface area (Å²) in [5.41, 5.74) is 1.04. The first-order valence-corrected chi connectivity index (χ1v) is 11.1. The van der Waals surface area contributed by atoms with Crippen molar-refractivity contribution in [3.8, 4) is 0 Å². The van der Waals surface area contributed by atoms with Gasteiger partial charge in [0, 0.05) is 31.7 Å². The molecule has 0 aromatic heterocycles. The van der Waals surface area contributed by atoms with Gasteiger partial charge in [-0.3, -0.25) is 4.79 Å². The molecule has 0 radical (unpaired) electrons. The maximum atomic E-state index is 12.4. The summed E-state index contributed by atoms with van der Waals surface area (Å²) in [6, 6.07) is 22.4. The highest BCUT2D eigenvalue weighted by Crippen LogP contribution is 2.18. The Balaban J connectivity index is 1.37. The van der Waals surface area contributed by atoms with Crippen LogP contribution in [-0.4, -0.2) is 34.0 Å². The van der Waals surface area contributed by atoms with Crippen molar-refractivity contribution >= 4 is 32.4 Å². The third-order valence-electron chi connectivity index (χ3n) is 4.45. The van der Waals surface area contributed by atoms with E-state index >= 15 is 0 Å². The fourth-order valence-corrected chi connectivity index (χ4v) is 3.98. The lowest BCUT2D eigenvalue weighted by Gasteiger charge is -2.09. The second-order valence-corrected chi connectivity index (χ2v) is 8.42. The molecule has 0 bridgehead atoms. The van der Waals surface area contributed by atoms with Crippen LogP contribution in [0.1, 0.15) is 12.8 Å². The molecule has 0 fully saturated rings. The minimum atomic E-state index is -3.65. The molecule has 6 nitrogen and oxygen atoms in total. The summed E-state index contributed by atoms with van der Waals surface area (Å²) in [4.78, 5) is 12.1. The quantitative estimate of drug-likeness (QED) is 0.447. The SMILES string of the molecule is O=C(CCNS(=O)(=O)c1ccc2ccccc2c1)NCCCNc1ccccc1. The minimum absolute atomic E-state index is 0.0588. The van der Waals surface area contributed by atoms with Crippen LogP contribution in [0, 0.1) is 0 Å². The summed E-state index contributed by atoms with van der Waals surface area (Å²) < 4.78 is 27.4. The molecule has 0 aliphatic heterocycles.